The van der Waals surface area contributed by atoms with Crippen LogP contribution in [0.2, 0.25) is 6.32 Å². The molecule has 0 amide bonds. The number of ether oxygens (including phenoxy) is 3. The van der Waals surface area contributed by atoms with Gasteiger partial charge in [0.1, 0.15) is 6.15 Å². The number of hydrogen-bond acceptors (Lipinski definition) is 3. The summed E-state index contributed by atoms with van der Waals surface area (Å²) in [4.78, 5) is 0. The lowest BCUT2D eigenvalue weighted by atomic mass is 9.01. The van der Waals surface area contributed by atoms with Crippen LogP contribution in [0.1, 0.15) is 53.1 Å². The van der Waals surface area contributed by atoms with Crippen LogP contribution in [-0.4, -0.2) is 44.0 Å². The minimum Gasteiger partial charge on any atom is -0.412 e. The van der Waals surface area contributed by atoms with Crippen molar-refractivity contribution < 1.29 is 14.2 Å². The number of benzene rings is 3. The Morgan fingerprint density at radius 3 is 1.22 bits per heavy atom. The highest BCUT2D eigenvalue weighted by atomic mass is 16.5. The van der Waals surface area contributed by atoms with E-state index < -0.39 is 22.6 Å². The number of rotatable bonds is 9. The van der Waals surface area contributed by atoms with Gasteiger partial charge in [-0.25, -0.2) is 0 Å². The molecule has 0 radical (unpaired) electrons. The summed E-state index contributed by atoms with van der Waals surface area (Å²) in [5.41, 5.74) is 5.73. The Labute approximate surface area is 245 Å². The van der Waals surface area contributed by atoms with E-state index in [-0.39, 0.29) is 0 Å². The average Bonchev–Trinajstić information content (AvgIpc) is 3.04. The molecule has 3 nitrogen and oxygen atoms in total. The van der Waals surface area contributed by atoms with Crippen molar-refractivity contribution in [2.45, 2.75) is 61.8 Å². The van der Waals surface area contributed by atoms with E-state index in [9.17, 15) is 0 Å². The molecule has 0 spiro atoms. The fraction of sp³-hybridized carbons (Fsp3) is 0.351. The highest BCUT2D eigenvalue weighted by molar-refractivity contribution is 6.89. The Morgan fingerprint density at radius 1 is 0.561 bits per heavy atom. The molecule has 0 bridgehead atoms. The van der Waals surface area contributed by atoms with Crippen LogP contribution in [0.25, 0.3) is 18.2 Å². The van der Waals surface area contributed by atoms with Crippen LogP contribution in [0.3, 0.4) is 0 Å². The molecule has 0 saturated heterocycles. The molecule has 0 fully saturated rings. The van der Waals surface area contributed by atoms with E-state index >= 15 is 0 Å². The predicted molar refractivity (Wildman–Crippen MR) is 172 cm³/mol. The molecule has 0 aliphatic heterocycles. The second kappa shape index (κ2) is 10.9. The summed E-state index contributed by atoms with van der Waals surface area (Å²) in [7, 11) is 5.69. The van der Waals surface area contributed by atoms with Gasteiger partial charge in [-0.05, 0) is 69.1 Å². The SMILES string of the molecule is CCCC[B-](C1(OC)C=Cc2ccccc2C1)(C1(OC)C=Cc2ccccc2C1)C1(OC)C=Cc2ccccc2C1. The maximum Gasteiger partial charge on any atom is 0.120 e. The average molecular weight is 546 g/mol. The van der Waals surface area contributed by atoms with Crippen LogP contribution in [-0.2, 0) is 33.5 Å². The monoisotopic (exact) mass is 545 g/mol. The number of methoxy groups -OCH3 is 3. The van der Waals surface area contributed by atoms with Crippen LogP contribution < -0.4 is 0 Å². The van der Waals surface area contributed by atoms with Crippen LogP contribution in [0.4, 0.5) is 0 Å². The van der Waals surface area contributed by atoms with Crippen molar-refractivity contribution in [2.24, 2.45) is 0 Å². The normalized spacial score (nSPS) is 27.5. The summed E-state index contributed by atoms with van der Waals surface area (Å²) in [6.07, 6.45) is 17.5. The van der Waals surface area contributed by atoms with Gasteiger partial charge in [0.15, 0.2) is 0 Å². The zero-order valence-corrected chi connectivity index (χ0v) is 24.9. The number of unbranched alkanes of at least 4 members (excludes halogenated alkanes) is 1. The molecule has 3 aliphatic carbocycles. The van der Waals surface area contributed by atoms with E-state index in [1.54, 1.807) is 0 Å². The van der Waals surface area contributed by atoms with Gasteiger partial charge in [0.05, 0.1) is 0 Å². The van der Waals surface area contributed by atoms with Crippen molar-refractivity contribution in [1.82, 2.24) is 0 Å². The van der Waals surface area contributed by atoms with Crippen molar-refractivity contribution in [3.63, 3.8) is 0 Å². The molecular weight excluding hydrogens is 503 g/mol. The summed E-state index contributed by atoms with van der Waals surface area (Å²) in [6, 6.07) is 26.2. The maximum atomic E-state index is 6.95. The third-order valence-electron chi connectivity index (χ3n) is 10.8. The number of hydrogen-bond donors (Lipinski definition) is 0. The number of fused-ring (bicyclic) bond motifs is 3. The van der Waals surface area contributed by atoms with Gasteiger partial charge < -0.3 is 14.2 Å². The third kappa shape index (κ3) is 4.14. The summed E-state index contributed by atoms with van der Waals surface area (Å²) in [5.74, 6) is 0. The molecule has 41 heavy (non-hydrogen) atoms. The first-order chi connectivity index (χ1) is 20.0. The minimum absolute atomic E-state index is 0.650. The van der Waals surface area contributed by atoms with Crippen molar-refractivity contribution in [1.29, 1.82) is 0 Å². The lowest BCUT2D eigenvalue weighted by Crippen LogP contribution is -2.84. The molecule has 3 aromatic rings. The zero-order valence-electron chi connectivity index (χ0n) is 24.9. The van der Waals surface area contributed by atoms with E-state index in [0.717, 1.165) is 38.4 Å². The summed E-state index contributed by atoms with van der Waals surface area (Å²) in [5, 5.41) is 0. The summed E-state index contributed by atoms with van der Waals surface area (Å²) in [6.45, 7) is 2.28. The molecule has 3 aliphatic rings. The van der Waals surface area contributed by atoms with Gasteiger partial charge in [0.25, 0.3) is 0 Å². The first-order valence-corrected chi connectivity index (χ1v) is 15.2. The van der Waals surface area contributed by atoms with E-state index in [4.69, 9.17) is 14.2 Å². The Morgan fingerprint density at radius 2 is 0.902 bits per heavy atom. The maximum absolute atomic E-state index is 6.95. The molecule has 3 atom stereocenters. The van der Waals surface area contributed by atoms with E-state index in [1.165, 1.54) is 33.4 Å². The Balaban J connectivity index is 1.68. The van der Waals surface area contributed by atoms with Crippen LogP contribution >= 0.6 is 0 Å². The van der Waals surface area contributed by atoms with E-state index in [0.29, 0.717) is 0 Å². The lowest BCUT2D eigenvalue weighted by molar-refractivity contribution is 0.00619. The quantitative estimate of drug-likeness (QED) is 0.257. The molecule has 0 saturated carbocycles. The van der Waals surface area contributed by atoms with Gasteiger partial charge in [-0.1, -0.05) is 129 Å². The van der Waals surface area contributed by atoms with Gasteiger partial charge in [0, 0.05) is 21.3 Å². The van der Waals surface area contributed by atoms with Crippen LogP contribution in [0.15, 0.2) is 91.0 Å². The van der Waals surface area contributed by atoms with Crippen molar-refractivity contribution in [2.75, 3.05) is 21.3 Å². The van der Waals surface area contributed by atoms with Crippen LogP contribution in [0, 0.1) is 0 Å². The van der Waals surface area contributed by atoms with Gasteiger partial charge in [-0.2, -0.15) is 6.32 Å². The smallest absolute Gasteiger partial charge is 0.120 e. The van der Waals surface area contributed by atoms with Crippen molar-refractivity contribution in [3.05, 3.63) is 124 Å². The minimum atomic E-state index is -1.70. The largest absolute Gasteiger partial charge is 0.412 e. The van der Waals surface area contributed by atoms with Crippen molar-refractivity contribution >= 4 is 24.4 Å². The second-order valence-electron chi connectivity index (χ2n) is 12.3. The topological polar surface area (TPSA) is 27.7 Å². The fourth-order valence-corrected chi connectivity index (χ4v) is 8.86. The molecule has 0 N–H and O–H groups in total. The van der Waals surface area contributed by atoms with Crippen LogP contribution in [0.5, 0.6) is 0 Å². The van der Waals surface area contributed by atoms with Gasteiger partial charge in [-0.3, -0.25) is 0 Å². The van der Waals surface area contributed by atoms with E-state index in [2.05, 4.69) is 116 Å². The molecule has 4 heteroatoms. The van der Waals surface area contributed by atoms with Gasteiger partial charge >= 0.3 is 0 Å². The first kappa shape index (κ1) is 28.0. The summed E-state index contributed by atoms with van der Waals surface area (Å²) >= 11 is 0. The highest BCUT2D eigenvalue weighted by Gasteiger charge is 2.66. The molecule has 212 valence electrons. The molecule has 0 heterocycles. The standard InChI is InChI=1S/C37H42BO3/c1-5-6-25-38(35(39-2)22-19-29-13-7-10-16-32(29)26-35,36(40-3)23-20-30-14-8-11-17-33(30)27-36)37(41-4)24-21-31-15-9-12-18-34(31)28-37/h7-24H,5-6,25-28H2,1-4H3/q-1. The zero-order chi connectivity index (χ0) is 28.6. The first-order valence-electron chi connectivity index (χ1n) is 15.2. The highest BCUT2D eigenvalue weighted by Crippen LogP contribution is 2.56. The lowest BCUT2D eigenvalue weighted by Gasteiger charge is -2.71. The molecule has 3 unspecified atom stereocenters. The summed E-state index contributed by atoms with van der Waals surface area (Å²) < 4.78 is 20.8. The van der Waals surface area contributed by atoms with Gasteiger partial charge in [-0.15, -0.1) is 0 Å². The molecule has 3 aromatic carbocycles. The predicted octanol–water partition coefficient (Wildman–Crippen LogP) is 7.82. The molecule has 0 aromatic heterocycles. The van der Waals surface area contributed by atoms with Gasteiger partial charge in [0.2, 0.25) is 0 Å². The molecular formula is C37H42BO3-. The fourth-order valence-electron chi connectivity index (χ4n) is 8.86. The Bertz CT molecular complexity index is 1330. The van der Waals surface area contributed by atoms with E-state index in [1.807, 2.05) is 21.3 Å². The van der Waals surface area contributed by atoms with Crippen molar-refractivity contribution in [3.8, 4) is 0 Å². The third-order valence-corrected chi connectivity index (χ3v) is 10.8. The molecule has 6 rings (SSSR count). The Hall–Kier alpha value is -3.18. The Kier molecular flexibility index (Phi) is 7.44. The second-order valence-corrected chi connectivity index (χ2v) is 12.3.